The van der Waals surface area contributed by atoms with Crippen molar-refractivity contribution in [3.8, 4) is 0 Å². The van der Waals surface area contributed by atoms with E-state index in [1.165, 1.54) is 10.4 Å². The van der Waals surface area contributed by atoms with Gasteiger partial charge in [0.2, 0.25) is 0 Å². The highest BCUT2D eigenvalue weighted by Gasteiger charge is 2.50. The van der Waals surface area contributed by atoms with Crippen LogP contribution in [0.4, 0.5) is 0 Å². The van der Waals surface area contributed by atoms with Crippen molar-refractivity contribution >= 4 is 33.0 Å². The highest BCUT2D eigenvalue weighted by Crippen LogP contribution is 2.39. The Morgan fingerprint density at radius 3 is 1.79 bits per heavy atom. The largest absolute Gasteiger partial charge is 0.463 e. The maximum Gasteiger partial charge on any atom is 0.330 e. The molecule has 0 saturated heterocycles. The highest BCUT2D eigenvalue weighted by atomic mass is 28.4. The Kier molecular flexibility index (Phi) is 11.3. The summed E-state index contributed by atoms with van der Waals surface area (Å²) < 4.78 is 19.2. The van der Waals surface area contributed by atoms with Crippen LogP contribution in [0.5, 0.6) is 0 Å². The first-order chi connectivity index (χ1) is 17.6. The van der Waals surface area contributed by atoms with Gasteiger partial charge in [-0.2, -0.15) is 0 Å². The molecule has 0 spiro atoms. The second-order valence-electron chi connectivity index (χ2n) is 12.7. The van der Waals surface area contributed by atoms with E-state index in [9.17, 15) is 4.79 Å². The molecule has 2 aromatic rings. The number of carbonyl (C=O) groups is 1. The molecule has 0 N–H and O–H groups in total. The zero-order valence-corrected chi connectivity index (χ0v) is 27.4. The molecular formula is C32H50O4Si2. The molecule has 0 aliphatic carbocycles. The van der Waals surface area contributed by atoms with Crippen LogP contribution in [-0.2, 0) is 18.4 Å². The first-order valence-electron chi connectivity index (χ1n) is 13.9. The molecule has 6 heteroatoms. The van der Waals surface area contributed by atoms with Crippen LogP contribution in [0.25, 0.3) is 0 Å². The average Bonchev–Trinajstić information content (AvgIpc) is 2.81. The number of rotatable bonds is 12. The second-order valence-corrected chi connectivity index (χ2v) is 21.8. The van der Waals surface area contributed by atoms with Crippen LogP contribution in [0.2, 0.25) is 23.2 Å². The first kappa shape index (κ1) is 32.2. The Hall–Kier alpha value is -2.00. The van der Waals surface area contributed by atoms with Gasteiger partial charge in [-0.1, -0.05) is 108 Å². The van der Waals surface area contributed by atoms with Gasteiger partial charge in [-0.15, -0.1) is 0 Å². The van der Waals surface area contributed by atoms with E-state index in [4.69, 9.17) is 13.6 Å². The Bertz CT molecular complexity index is 995. The molecule has 38 heavy (non-hydrogen) atoms. The normalized spacial score (nSPS) is 14.3. The fourth-order valence-corrected chi connectivity index (χ4v) is 10.7. The van der Waals surface area contributed by atoms with Gasteiger partial charge in [-0.3, -0.25) is 0 Å². The molecule has 0 radical (unpaired) electrons. The van der Waals surface area contributed by atoms with Gasteiger partial charge in [0.15, 0.2) is 8.32 Å². The van der Waals surface area contributed by atoms with Crippen LogP contribution < -0.4 is 10.4 Å². The molecule has 2 rings (SSSR count). The number of ether oxygens (including phenoxy) is 1. The molecule has 0 bridgehead atoms. The molecule has 0 aliphatic heterocycles. The van der Waals surface area contributed by atoms with Gasteiger partial charge in [0.1, 0.15) is 0 Å². The van der Waals surface area contributed by atoms with Gasteiger partial charge in [0.25, 0.3) is 8.32 Å². The lowest BCUT2D eigenvalue weighted by atomic mass is 10.1. The highest BCUT2D eigenvalue weighted by molar-refractivity contribution is 6.99. The molecule has 0 amide bonds. The van der Waals surface area contributed by atoms with E-state index in [0.717, 1.165) is 12.0 Å². The van der Waals surface area contributed by atoms with Crippen LogP contribution in [-0.4, -0.2) is 41.9 Å². The maximum absolute atomic E-state index is 12.1. The van der Waals surface area contributed by atoms with Gasteiger partial charge in [-0.05, 0) is 60.2 Å². The predicted octanol–water partition coefficient (Wildman–Crippen LogP) is 7.24. The molecule has 4 nitrogen and oxygen atoms in total. The standard InChI is InChI=1S/C32H50O4Si2/c1-11-34-30(33)25-26(2)24-27(36-37(9,10)31(3,4)5)22-23-35-38(32(6,7)8,28-18-14-12-15-19-28)29-20-16-13-17-21-29/h12-21,25,27H,11,22-24H2,1-10H3/b26-25+/t27-/m1/s1. The summed E-state index contributed by atoms with van der Waals surface area (Å²) in [6.07, 6.45) is 2.99. The van der Waals surface area contributed by atoms with Crippen molar-refractivity contribution in [1.82, 2.24) is 0 Å². The summed E-state index contributed by atoms with van der Waals surface area (Å²) in [5.74, 6) is -0.292. The number of benzene rings is 2. The van der Waals surface area contributed by atoms with E-state index in [0.29, 0.717) is 19.6 Å². The van der Waals surface area contributed by atoms with Crippen molar-refractivity contribution in [2.75, 3.05) is 13.2 Å². The first-order valence-corrected chi connectivity index (χ1v) is 18.7. The van der Waals surface area contributed by atoms with Crippen LogP contribution >= 0.6 is 0 Å². The van der Waals surface area contributed by atoms with Gasteiger partial charge < -0.3 is 13.6 Å². The number of hydrogen-bond acceptors (Lipinski definition) is 4. The van der Waals surface area contributed by atoms with Crippen molar-refractivity contribution in [2.24, 2.45) is 0 Å². The molecule has 0 saturated carbocycles. The van der Waals surface area contributed by atoms with Gasteiger partial charge in [-0.25, -0.2) is 4.79 Å². The van der Waals surface area contributed by atoms with E-state index >= 15 is 0 Å². The topological polar surface area (TPSA) is 44.8 Å². The lowest BCUT2D eigenvalue weighted by molar-refractivity contribution is -0.137. The number of hydrogen-bond donors (Lipinski definition) is 0. The lowest BCUT2D eigenvalue weighted by Gasteiger charge is -2.44. The third-order valence-corrected chi connectivity index (χ3v) is 17.2. The Balaban J connectivity index is 2.40. The summed E-state index contributed by atoms with van der Waals surface area (Å²) in [5, 5.41) is 2.56. The monoisotopic (exact) mass is 554 g/mol. The maximum atomic E-state index is 12.1. The molecule has 0 aliphatic rings. The third kappa shape index (κ3) is 8.25. The fourth-order valence-electron chi connectivity index (χ4n) is 4.70. The Morgan fingerprint density at radius 2 is 1.37 bits per heavy atom. The summed E-state index contributed by atoms with van der Waals surface area (Å²) >= 11 is 0. The van der Waals surface area contributed by atoms with Crippen molar-refractivity contribution in [1.29, 1.82) is 0 Å². The molecule has 1 atom stereocenters. The van der Waals surface area contributed by atoms with E-state index < -0.39 is 16.6 Å². The van der Waals surface area contributed by atoms with E-state index in [1.54, 1.807) is 6.08 Å². The molecule has 2 aromatic carbocycles. The van der Waals surface area contributed by atoms with E-state index in [-0.39, 0.29) is 22.1 Å². The lowest BCUT2D eigenvalue weighted by Crippen LogP contribution is -2.66. The zero-order chi connectivity index (χ0) is 28.6. The molecule has 210 valence electrons. The van der Waals surface area contributed by atoms with Gasteiger partial charge >= 0.3 is 5.97 Å². The minimum Gasteiger partial charge on any atom is -0.463 e. The summed E-state index contributed by atoms with van der Waals surface area (Å²) in [6, 6.07) is 21.5. The van der Waals surface area contributed by atoms with Crippen LogP contribution in [0.15, 0.2) is 72.3 Å². The van der Waals surface area contributed by atoms with Gasteiger partial charge in [0.05, 0.1) is 12.7 Å². The summed E-state index contributed by atoms with van der Waals surface area (Å²) in [5.41, 5.74) is 0.970. The van der Waals surface area contributed by atoms with Crippen molar-refractivity contribution in [2.45, 2.75) is 97.5 Å². The quantitative estimate of drug-likeness (QED) is 0.158. The summed E-state index contributed by atoms with van der Waals surface area (Å²) in [6.45, 7) is 23.0. The van der Waals surface area contributed by atoms with Crippen molar-refractivity contribution in [3.05, 3.63) is 72.3 Å². The average molecular weight is 555 g/mol. The number of carbonyl (C=O) groups excluding carboxylic acids is 1. The molecule has 0 fully saturated rings. The molecular weight excluding hydrogens is 505 g/mol. The SMILES string of the molecule is CCOC(=O)/C=C(\C)C[C@@H](CCO[Si](c1ccccc1)(c1ccccc1)C(C)(C)C)O[Si](C)(C)C(C)(C)C. The zero-order valence-electron chi connectivity index (χ0n) is 25.4. The Morgan fingerprint density at radius 1 is 0.868 bits per heavy atom. The smallest absolute Gasteiger partial charge is 0.330 e. The summed E-state index contributed by atoms with van der Waals surface area (Å²) in [4.78, 5) is 12.1. The molecule has 0 heterocycles. The summed E-state index contributed by atoms with van der Waals surface area (Å²) in [7, 11) is -4.66. The van der Waals surface area contributed by atoms with E-state index in [2.05, 4.69) is 115 Å². The van der Waals surface area contributed by atoms with Crippen LogP contribution in [0, 0.1) is 0 Å². The van der Waals surface area contributed by atoms with Crippen molar-refractivity contribution < 1.29 is 18.4 Å². The molecule has 0 unspecified atom stereocenters. The van der Waals surface area contributed by atoms with Crippen LogP contribution in [0.3, 0.4) is 0 Å². The number of esters is 1. The minimum absolute atomic E-state index is 0.0419. The predicted molar refractivity (Wildman–Crippen MR) is 165 cm³/mol. The minimum atomic E-state index is -2.62. The third-order valence-electron chi connectivity index (χ3n) is 7.64. The van der Waals surface area contributed by atoms with E-state index in [1.807, 2.05) is 13.8 Å². The fraction of sp³-hybridized carbons (Fsp3) is 0.531. The van der Waals surface area contributed by atoms with Gasteiger partial charge in [0, 0.05) is 12.7 Å². The van der Waals surface area contributed by atoms with Crippen molar-refractivity contribution in [3.63, 3.8) is 0 Å². The Labute approximate surface area is 234 Å². The molecule has 0 aromatic heterocycles. The second kappa shape index (κ2) is 13.4. The van der Waals surface area contributed by atoms with Crippen LogP contribution in [0.1, 0.15) is 68.2 Å².